The molecule has 7 nitrogen and oxygen atoms in total. The van der Waals surface area contributed by atoms with E-state index in [1.54, 1.807) is 18.2 Å². The summed E-state index contributed by atoms with van der Waals surface area (Å²) in [7, 11) is 0.0207. The molecular weight excluding hydrogens is 453 g/mol. The van der Waals surface area contributed by atoms with Gasteiger partial charge in [-0.15, -0.1) is 0 Å². The monoisotopic (exact) mass is 471 g/mol. The van der Waals surface area contributed by atoms with Crippen molar-refractivity contribution in [2.75, 3.05) is 19.5 Å². The first kappa shape index (κ1) is 23.9. The van der Waals surface area contributed by atoms with Crippen LogP contribution in [0.5, 0.6) is 5.75 Å². The number of halogens is 2. The normalized spacial score (nSPS) is 12.0. The van der Waals surface area contributed by atoms with Crippen molar-refractivity contribution in [1.82, 2.24) is 0 Å². The van der Waals surface area contributed by atoms with E-state index in [1.165, 1.54) is 31.4 Å². The molecule has 2 aromatic carbocycles. The van der Waals surface area contributed by atoms with Crippen LogP contribution < -0.4 is 4.74 Å². The minimum Gasteiger partial charge on any atom is -0.494 e. The van der Waals surface area contributed by atoms with Crippen LogP contribution in [0.15, 0.2) is 47.4 Å². The SMILES string of the molecule is COC(=O)C=Cc1cc(OCCCCS(=O)c2ccc(Cl)c(Cl)c2)ccc1[N+](=O)[O-]. The zero-order valence-electron chi connectivity index (χ0n) is 16.0. The maximum absolute atomic E-state index is 12.3. The molecule has 30 heavy (non-hydrogen) atoms. The van der Waals surface area contributed by atoms with Gasteiger partial charge in [-0.05, 0) is 49.2 Å². The third-order valence-corrected chi connectivity index (χ3v) is 6.12. The smallest absolute Gasteiger partial charge is 0.330 e. The van der Waals surface area contributed by atoms with Crippen molar-refractivity contribution in [1.29, 1.82) is 0 Å². The van der Waals surface area contributed by atoms with Crippen LogP contribution in [0.25, 0.3) is 6.08 Å². The first-order valence-electron chi connectivity index (χ1n) is 8.82. The molecule has 160 valence electrons. The molecule has 1 unspecified atom stereocenters. The minimum absolute atomic E-state index is 0.153. The molecule has 0 fully saturated rings. The van der Waals surface area contributed by atoms with Gasteiger partial charge in [-0.25, -0.2) is 4.79 Å². The molecule has 0 heterocycles. The summed E-state index contributed by atoms with van der Waals surface area (Å²) in [4.78, 5) is 22.4. The largest absolute Gasteiger partial charge is 0.494 e. The third-order valence-electron chi connectivity index (χ3n) is 3.94. The van der Waals surface area contributed by atoms with Crippen molar-refractivity contribution in [3.8, 4) is 5.75 Å². The predicted octanol–water partition coefficient (Wildman–Crippen LogP) is 5.05. The second-order valence-corrected chi connectivity index (χ2v) is 8.40. The van der Waals surface area contributed by atoms with Crippen LogP contribution in [0.1, 0.15) is 18.4 Å². The molecule has 0 bridgehead atoms. The van der Waals surface area contributed by atoms with Gasteiger partial charge in [0.05, 0.1) is 45.0 Å². The number of nitro benzene ring substituents is 1. The topological polar surface area (TPSA) is 95.7 Å². The molecule has 0 N–H and O–H groups in total. The number of hydrogen-bond acceptors (Lipinski definition) is 6. The summed E-state index contributed by atoms with van der Waals surface area (Å²) in [5.74, 6) is 0.246. The van der Waals surface area contributed by atoms with E-state index in [0.29, 0.717) is 45.9 Å². The average molecular weight is 472 g/mol. The second kappa shape index (κ2) is 11.7. The number of unbranched alkanes of at least 4 members (excludes halogenated alkanes) is 1. The molecule has 0 aromatic heterocycles. The molecule has 10 heteroatoms. The fourth-order valence-electron chi connectivity index (χ4n) is 2.41. The van der Waals surface area contributed by atoms with Crippen LogP contribution in [0.3, 0.4) is 0 Å². The Morgan fingerprint density at radius 3 is 2.60 bits per heavy atom. The molecule has 1 atom stereocenters. The Balaban J connectivity index is 1.88. The van der Waals surface area contributed by atoms with Gasteiger partial charge < -0.3 is 9.47 Å². The standard InChI is InChI=1S/C20H19Cl2NO6S/c1-28-20(24)9-4-14-12-15(5-8-19(14)23(25)26)29-10-2-3-11-30(27)16-6-7-17(21)18(22)13-16/h4-9,12-13H,2-3,10-11H2,1H3. The average Bonchev–Trinajstić information content (AvgIpc) is 2.73. The third kappa shape index (κ3) is 7.12. The van der Waals surface area contributed by atoms with E-state index in [-0.39, 0.29) is 11.3 Å². The highest BCUT2D eigenvalue weighted by Crippen LogP contribution is 2.26. The van der Waals surface area contributed by atoms with Gasteiger partial charge >= 0.3 is 5.97 Å². The fraction of sp³-hybridized carbons (Fsp3) is 0.250. The van der Waals surface area contributed by atoms with Crippen LogP contribution in [0, 0.1) is 10.1 Å². The Hall–Kier alpha value is -2.42. The van der Waals surface area contributed by atoms with Crippen molar-refractivity contribution >= 4 is 51.7 Å². The summed E-state index contributed by atoms with van der Waals surface area (Å²) in [6.07, 6.45) is 3.69. The van der Waals surface area contributed by atoms with Crippen LogP contribution in [0.4, 0.5) is 5.69 Å². The Bertz CT molecular complexity index is 980. The summed E-state index contributed by atoms with van der Waals surface area (Å²) in [5.41, 5.74) is 0.0724. The van der Waals surface area contributed by atoms with Gasteiger partial charge in [-0.1, -0.05) is 23.2 Å². The number of carbonyl (C=O) groups excluding carboxylic acids is 1. The van der Waals surface area contributed by atoms with Gasteiger partial charge in [0.1, 0.15) is 5.75 Å². The zero-order chi connectivity index (χ0) is 22.1. The lowest BCUT2D eigenvalue weighted by molar-refractivity contribution is -0.385. The Labute approximate surface area is 186 Å². The van der Waals surface area contributed by atoms with E-state index in [2.05, 4.69) is 4.74 Å². The Morgan fingerprint density at radius 2 is 1.93 bits per heavy atom. The first-order chi connectivity index (χ1) is 14.3. The van der Waals surface area contributed by atoms with E-state index in [0.717, 1.165) is 6.08 Å². The molecule has 0 amide bonds. The molecule has 0 aliphatic rings. The summed E-state index contributed by atoms with van der Waals surface area (Å²) < 4.78 is 22.4. The van der Waals surface area contributed by atoms with Gasteiger partial charge in [-0.3, -0.25) is 14.3 Å². The lowest BCUT2D eigenvalue weighted by Gasteiger charge is -2.08. The molecule has 0 saturated carbocycles. The van der Waals surface area contributed by atoms with E-state index < -0.39 is 21.7 Å². The van der Waals surface area contributed by atoms with Gasteiger partial charge in [0.25, 0.3) is 5.69 Å². The van der Waals surface area contributed by atoms with Crippen molar-refractivity contribution < 1.29 is 23.4 Å². The molecule has 0 spiro atoms. The number of methoxy groups -OCH3 is 1. The minimum atomic E-state index is -1.20. The number of ether oxygens (including phenoxy) is 2. The van der Waals surface area contributed by atoms with Crippen molar-refractivity contribution in [2.45, 2.75) is 17.7 Å². The molecule has 0 aliphatic carbocycles. The van der Waals surface area contributed by atoms with Crippen LogP contribution in [-0.4, -0.2) is 34.6 Å². The van der Waals surface area contributed by atoms with E-state index in [1.807, 2.05) is 0 Å². The van der Waals surface area contributed by atoms with Gasteiger partial charge in [-0.2, -0.15) is 0 Å². The molecule has 2 rings (SSSR count). The highest BCUT2D eigenvalue weighted by Gasteiger charge is 2.13. The summed E-state index contributed by atoms with van der Waals surface area (Å²) in [6.45, 7) is 0.344. The molecule has 0 aliphatic heterocycles. The second-order valence-electron chi connectivity index (χ2n) is 6.02. The van der Waals surface area contributed by atoms with Gasteiger partial charge in [0.2, 0.25) is 0 Å². The van der Waals surface area contributed by atoms with E-state index in [4.69, 9.17) is 27.9 Å². The number of nitrogens with zero attached hydrogens (tertiary/aromatic N) is 1. The number of nitro groups is 1. The summed E-state index contributed by atoms with van der Waals surface area (Å²) >= 11 is 11.8. The number of carbonyl (C=O) groups is 1. The highest BCUT2D eigenvalue weighted by molar-refractivity contribution is 7.85. The van der Waals surface area contributed by atoms with Crippen LogP contribution in [-0.2, 0) is 20.3 Å². The Morgan fingerprint density at radius 1 is 1.17 bits per heavy atom. The lowest BCUT2D eigenvalue weighted by Crippen LogP contribution is -2.03. The molecular formula is C20H19Cl2NO6S. The first-order valence-corrected chi connectivity index (χ1v) is 10.9. The number of hydrogen-bond donors (Lipinski definition) is 0. The number of benzene rings is 2. The van der Waals surface area contributed by atoms with Crippen LogP contribution in [0.2, 0.25) is 10.0 Å². The maximum atomic E-state index is 12.3. The van der Waals surface area contributed by atoms with Crippen molar-refractivity contribution in [3.05, 3.63) is 68.2 Å². The molecule has 0 saturated heterocycles. The fourth-order valence-corrected chi connectivity index (χ4v) is 3.94. The highest BCUT2D eigenvalue weighted by atomic mass is 35.5. The van der Waals surface area contributed by atoms with E-state index in [9.17, 15) is 19.1 Å². The zero-order valence-corrected chi connectivity index (χ0v) is 18.3. The lowest BCUT2D eigenvalue weighted by atomic mass is 10.1. The summed E-state index contributed by atoms with van der Waals surface area (Å²) in [6, 6.07) is 9.16. The summed E-state index contributed by atoms with van der Waals surface area (Å²) in [5, 5.41) is 11.9. The quantitative estimate of drug-likeness (QED) is 0.158. The number of rotatable bonds is 10. The predicted molar refractivity (Wildman–Crippen MR) is 117 cm³/mol. The van der Waals surface area contributed by atoms with E-state index >= 15 is 0 Å². The van der Waals surface area contributed by atoms with Gasteiger partial charge in [0, 0.05) is 22.8 Å². The van der Waals surface area contributed by atoms with Crippen LogP contribution >= 0.6 is 23.2 Å². The van der Waals surface area contributed by atoms with Gasteiger partial charge in [0.15, 0.2) is 0 Å². The molecule has 2 aromatic rings. The molecule has 0 radical (unpaired) electrons. The Kier molecular flexibility index (Phi) is 9.29. The van der Waals surface area contributed by atoms with Crippen molar-refractivity contribution in [2.24, 2.45) is 0 Å². The van der Waals surface area contributed by atoms with Crippen molar-refractivity contribution in [3.63, 3.8) is 0 Å². The number of esters is 1. The maximum Gasteiger partial charge on any atom is 0.330 e.